The number of aromatic nitrogens is 2. The number of esters is 1. The van der Waals surface area contributed by atoms with E-state index in [0.29, 0.717) is 43.3 Å². The van der Waals surface area contributed by atoms with Gasteiger partial charge in [-0.3, -0.25) is 9.48 Å². The van der Waals surface area contributed by atoms with Gasteiger partial charge in [0.2, 0.25) is 5.91 Å². The molecule has 2 aromatic rings. The van der Waals surface area contributed by atoms with Crippen LogP contribution in [0.3, 0.4) is 0 Å². The lowest BCUT2D eigenvalue weighted by Crippen LogP contribution is -2.40. The van der Waals surface area contributed by atoms with E-state index in [1.54, 1.807) is 21.1 Å². The highest BCUT2D eigenvalue weighted by atomic mass is 16.5. The Morgan fingerprint density at radius 3 is 2.41 bits per heavy atom. The molecular weight excluding hydrogens is 410 g/mol. The first-order valence-electron chi connectivity index (χ1n) is 11.2. The van der Waals surface area contributed by atoms with Crippen molar-refractivity contribution in [2.24, 2.45) is 0 Å². The van der Waals surface area contributed by atoms with Crippen molar-refractivity contribution >= 4 is 11.9 Å². The SMILES string of the molecule is CCCc1cc(C(=O)OCC)nn1C1CCN(C(=O)Cc2ccc(OC)c(OC)c2)CC1. The number of methoxy groups -OCH3 is 2. The van der Waals surface area contributed by atoms with E-state index < -0.39 is 0 Å². The minimum atomic E-state index is -0.383. The molecule has 174 valence electrons. The molecule has 1 aliphatic heterocycles. The molecule has 3 rings (SSSR count). The average Bonchev–Trinajstić information content (AvgIpc) is 3.23. The molecule has 1 fully saturated rings. The zero-order chi connectivity index (χ0) is 23.1. The van der Waals surface area contributed by atoms with Crippen LogP contribution in [0.15, 0.2) is 24.3 Å². The van der Waals surface area contributed by atoms with Gasteiger partial charge in [0.05, 0.1) is 33.3 Å². The van der Waals surface area contributed by atoms with E-state index in [-0.39, 0.29) is 17.9 Å². The van der Waals surface area contributed by atoms with Crippen molar-refractivity contribution in [2.75, 3.05) is 33.9 Å². The molecule has 0 atom stereocenters. The van der Waals surface area contributed by atoms with Crippen LogP contribution in [0.2, 0.25) is 0 Å². The third-order valence-electron chi connectivity index (χ3n) is 5.77. The number of carbonyl (C=O) groups excluding carboxylic acids is 2. The molecule has 1 aliphatic rings. The van der Waals surface area contributed by atoms with Crippen molar-refractivity contribution in [3.63, 3.8) is 0 Å². The van der Waals surface area contributed by atoms with Crippen LogP contribution >= 0.6 is 0 Å². The lowest BCUT2D eigenvalue weighted by Gasteiger charge is -2.33. The molecule has 1 aromatic carbocycles. The fraction of sp³-hybridized carbons (Fsp3) is 0.542. The number of aryl methyl sites for hydroxylation is 1. The highest BCUT2D eigenvalue weighted by molar-refractivity contribution is 5.87. The first-order valence-corrected chi connectivity index (χ1v) is 11.2. The summed E-state index contributed by atoms with van der Waals surface area (Å²) in [5.41, 5.74) is 2.30. The van der Waals surface area contributed by atoms with Crippen LogP contribution in [0.5, 0.6) is 11.5 Å². The van der Waals surface area contributed by atoms with E-state index in [4.69, 9.17) is 14.2 Å². The molecule has 8 heteroatoms. The third kappa shape index (κ3) is 5.41. The maximum Gasteiger partial charge on any atom is 0.358 e. The largest absolute Gasteiger partial charge is 0.493 e. The van der Waals surface area contributed by atoms with Crippen molar-refractivity contribution in [2.45, 2.75) is 52.0 Å². The van der Waals surface area contributed by atoms with E-state index in [9.17, 15) is 9.59 Å². The summed E-state index contributed by atoms with van der Waals surface area (Å²) in [7, 11) is 3.18. The molecule has 32 heavy (non-hydrogen) atoms. The van der Waals surface area contributed by atoms with Gasteiger partial charge in [0, 0.05) is 18.8 Å². The Hall–Kier alpha value is -3.03. The Kier molecular flexibility index (Phi) is 8.14. The smallest absolute Gasteiger partial charge is 0.358 e. The molecule has 0 saturated carbocycles. The number of piperidine rings is 1. The summed E-state index contributed by atoms with van der Waals surface area (Å²) >= 11 is 0. The fourth-order valence-corrected chi connectivity index (χ4v) is 4.13. The second-order valence-electron chi connectivity index (χ2n) is 7.91. The summed E-state index contributed by atoms with van der Waals surface area (Å²) < 4.78 is 17.7. The Morgan fingerprint density at radius 1 is 1.06 bits per heavy atom. The van der Waals surface area contributed by atoms with Crippen molar-refractivity contribution in [1.82, 2.24) is 14.7 Å². The lowest BCUT2D eigenvalue weighted by atomic mass is 10.0. The molecule has 0 radical (unpaired) electrons. The fourth-order valence-electron chi connectivity index (χ4n) is 4.13. The third-order valence-corrected chi connectivity index (χ3v) is 5.77. The van der Waals surface area contributed by atoms with E-state index in [2.05, 4.69) is 12.0 Å². The zero-order valence-electron chi connectivity index (χ0n) is 19.4. The molecule has 0 unspecified atom stereocenters. The van der Waals surface area contributed by atoms with Gasteiger partial charge in [0.15, 0.2) is 17.2 Å². The topological polar surface area (TPSA) is 82.9 Å². The van der Waals surface area contributed by atoms with E-state index in [1.165, 1.54) is 0 Å². The Bertz CT molecular complexity index is 932. The van der Waals surface area contributed by atoms with Crippen LogP contribution in [0.1, 0.15) is 60.9 Å². The van der Waals surface area contributed by atoms with Gasteiger partial charge in [-0.15, -0.1) is 0 Å². The second-order valence-corrected chi connectivity index (χ2v) is 7.91. The average molecular weight is 444 g/mol. The van der Waals surface area contributed by atoms with Gasteiger partial charge in [0.1, 0.15) is 0 Å². The van der Waals surface area contributed by atoms with Gasteiger partial charge < -0.3 is 19.1 Å². The molecule has 0 N–H and O–H groups in total. The molecule has 0 bridgehead atoms. The standard InChI is InChI=1S/C24H33N3O5/c1-5-7-19-16-20(24(29)32-6-2)25-27(19)18-10-12-26(13-11-18)23(28)15-17-8-9-21(30-3)22(14-17)31-4/h8-9,14,16,18H,5-7,10-13,15H2,1-4H3. The van der Waals surface area contributed by atoms with Gasteiger partial charge in [0.25, 0.3) is 0 Å². The summed E-state index contributed by atoms with van der Waals surface area (Å²) in [5.74, 6) is 0.980. The monoisotopic (exact) mass is 443 g/mol. The molecule has 8 nitrogen and oxygen atoms in total. The highest BCUT2D eigenvalue weighted by Gasteiger charge is 2.27. The number of hydrogen-bond donors (Lipinski definition) is 0. The number of likely N-dealkylation sites (tertiary alicyclic amines) is 1. The van der Waals surface area contributed by atoms with Crippen LogP contribution in [0.25, 0.3) is 0 Å². The predicted octanol–water partition coefficient (Wildman–Crippen LogP) is 3.44. The molecule has 1 saturated heterocycles. The van der Waals surface area contributed by atoms with Crippen molar-refractivity contribution < 1.29 is 23.8 Å². The molecular formula is C24H33N3O5. The van der Waals surface area contributed by atoms with E-state index >= 15 is 0 Å². The maximum atomic E-state index is 12.9. The summed E-state index contributed by atoms with van der Waals surface area (Å²) in [6.07, 6.45) is 3.75. The Morgan fingerprint density at radius 2 is 1.78 bits per heavy atom. The summed E-state index contributed by atoms with van der Waals surface area (Å²) in [4.78, 5) is 26.9. The minimum absolute atomic E-state index is 0.0946. The van der Waals surface area contributed by atoms with Crippen LogP contribution in [-0.2, 0) is 22.4 Å². The van der Waals surface area contributed by atoms with E-state index in [1.807, 2.05) is 33.8 Å². The van der Waals surface area contributed by atoms with E-state index in [0.717, 1.165) is 36.9 Å². The zero-order valence-corrected chi connectivity index (χ0v) is 19.4. The summed E-state index contributed by atoms with van der Waals surface area (Å²) in [6.45, 7) is 5.55. The van der Waals surface area contributed by atoms with Crippen molar-refractivity contribution in [3.05, 3.63) is 41.2 Å². The molecule has 1 amide bonds. The van der Waals surface area contributed by atoms with Gasteiger partial charge in [-0.25, -0.2) is 4.79 Å². The minimum Gasteiger partial charge on any atom is -0.493 e. The summed E-state index contributed by atoms with van der Waals surface area (Å²) in [5, 5.41) is 4.56. The van der Waals surface area contributed by atoms with Gasteiger partial charge in [-0.1, -0.05) is 19.4 Å². The number of benzene rings is 1. The first kappa shape index (κ1) is 23.6. The number of amides is 1. The van der Waals surface area contributed by atoms with Crippen LogP contribution in [-0.4, -0.2) is 60.5 Å². The first-order chi connectivity index (χ1) is 15.5. The maximum absolute atomic E-state index is 12.9. The van der Waals surface area contributed by atoms with Gasteiger partial charge >= 0.3 is 5.97 Å². The van der Waals surface area contributed by atoms with Crippen molar-refractivity contribution in [3.8, 4) is 11.5 Å². The number of rotatable bonds is 9. The Balaban J connectivity index is 1.63. The second kappa shape index (κ2) is 11.0. The number of hydrogen-bond acceptors (Lipinski definition) is 6. The number of carbonyl (C=O) groups is 2. The number of ether oxygens (including phenoxy) is 3. The van der Waals surface area contributed by atoms with Gasteiger partial charge in [-0.05, 0) is 49.9 Å². The summed E-state index contributed by atoms with van der Waals surface area (Å²) in [6, 6.07) is 7.58. The Labute approximate surface area is 189 Å². The molecule has 0 aliphatic carbocycles. The predicted molar refractivity (Wildman–Crippen MR) is 120 cm³/mol. The number of nitrogens with zero attached hydrogens (tertiary/aromatic N) is 3. The van der Waals surface area contributed by atoms with Crippen LogP contribution in [0.4, 0.5) is 0 Å². The van der Waals surface area contributed by atoms with Crippen LogP contribution < -0.4 is 9.47 Å². The molecule has 0 spiro atoms. The van der Waals surface area contributed by atoms with Crippen molar-refractivity contribution in [1.29, 1.82) is 0 Å². The normalized spacial score (nSPS) is 14.3. The molecule has 1 aromatic heterocycles. The quantitative estimate of drug-likeness (QED) is 0.552. The van der Waals surface area contributed by atoms with Gasteiger partial charge in [-0.2, -0.15) is 5.10 Å². The lowest BCUT2D eigenvalue weighted by molar-refractivity contribution is -0.131. The molecule has 2 heterocycles. The van der Waals surface area contributed by atoms with Crippen LogP contribution in [0, 0.1) is 0 Å². The highest BCUT2D eigenvalue weighted by Crippen LogP contribution is 2.29.